The maximum Gasteiger partial charge on any atom is 0.338 e. The van der Waals surface area contributed by atoms with Gasteiger partial charge in [0, 0.05) is 21.1 Å². The highest BCUT2D eigenvalue weighted by molar-refractivity contribution is 9.10. The van der Waals surface area contributed by atoms with E-state index < -0.39 is 35.8 Å². The largest absolute Gasteiger partial charge is 0.484 e. The highest BCUT2D eigenvalue weighted by Gasteiger charge is 2.54. The van der Waals surface area contributed by atoms with Crippen LogP contribution in [0.1, 0.15) is 48.4 Å². The standard InChI is InChI=1S/C32H26BrCl2FN2O5/c33-21-5-1-20(2-6-21)30(40)42-26-15-18-11-13-32(26,14-12-18)31-38-29(28(43-31)19-3-7-22(34)8-4-19)37-27(39)17-41-23-9-10-24(35)25(36)16-23/h1-10,16,18,26H,11-15,17H2,(H,37,39)/t18?,26-,32?/m1/s1. The summed E-state index contributed by atoms with van der Waals surface area (Å²) in [5, 5.41) is 3.28. The first kappa shape index (κ1) is 29.7. The number of benzene rings is 3. The predicted octanol–water partition coefficient (Wildman–Crippen LogP) is 8.62. The fourth-order valence-corrected chi connectivity index (χ4v) is 6.38. The number of ether oxygens (including phenoxy) is 2. The third-order valence-corrected chi connectivity index (χ3v) is 9.26. The Bertz CT molecular complexity index is 1650. The SMILES string of the molecule is O=C(COc1ccc(Cl)c(F)c1)Nc1nc(C23CCC(CC2)C[C@H]3OC(=O)c2ccc(Br)cc2)oc1-c1ccc(Cl)cc1. The van der Waals surface area contributed by atoms with E-state index in [0.29, 0.717) is 40.1 Å². The van der Waals surface area contributed by atoms with Crippen LogP contribution < -0.4 is 10.1 Å². The van der Waals surface area contributed by atoms with E-state index >= 15 is 0 Å². The van der Waals surface area contributed by atoms with Crippen LogP contribution in [0.3, 0.4) is 0 Å². The Balaban J connectivity index is 1.29. The topological polar surface area (TPSA) is 90.7 Å². The second-order valence-corrected chi connectivity index (χ2v) is 12.6. The van der Waals surface area contributed by atoms with Crippen LogP contribution in [-0.4, -0.2) is 29.6 Å². The molecule has 7 rings (SSSR count). The molecule has 3 saturated carbocycles. The fraction of sp³-hybridized carbons (Fsp3) is 0.281. The van der Waals surface area contributed by atoms with Crippen LogP contribution in [0.4, 0.5) is 10.2 Å². The number of anilines is 1. The molecule has 1 heterocycles. The molecule has 43 heavy (non-hydrogen) atoms. The van der Waals surface area contributed by atoms with E-state index in [4.69, 9.17) is 42.1 Å². The molecule has 11 heteroatoms. The number of carbonyl (C=O) groups is 2. The fourth-order valence-electron chi connectivity index (χ4n) is 5.87. The van der Waals surface area contributed by atoms with Gasteiger partial charge < -0.3 is 19.2 Å². The summed E-state index contributed by atoms with van der Waals surface area (Å²) in [7, 11) is 0. The lowest BCUT2D eigenvalue weighted by Gasteiger charge is -2.49. The second kappa shape index (κ2) is 12.3. The van der Waals surface area contributed by atoms with Gasteiger partial charge >= 0.3 is 5.97 Å². The number of hydrogen-bond donors (Lipinski definition) is 1. The molecule has 4 aromatic rings. The smallest absolute Gasteiger partial charge is 0.338 e. The van der Waals surface area contributed by atoms with Gasteiger partial charge in [-0.25, -0.2) is 9.18 Å². The van der Waals surface area contributed by atoms with E-state index in [0.717, 1.165) is 36.2 Å². The normalized spacial score (nSPS) is 20.9. The van der Waals surface area contributed by atoms with E-state index in [9.17, 15) is 14.0 Å². The first-order chi connectivity index (χ1) is 20.7. The molecule has 3 aromatic carbocycles. The number of halogens is 4. The first-order valence-electron chi connectivity index (χ1n) is 13.8. The number of aromatic nitrogens is 1. The average Bonchev–Trinajstić information content (AvgIpc) is 3.43. The Labute approximate surface area is 265 Å². The number of fused-ring (bicyclic) bond motifs is 3. The molecular formula is C32H26BrCl2FN2O5. The molecule has 0 aliphatic heterocycles. The van der Waals surface area contributed by atoms with Crippen molar-refractivity contribution in [2.24, 2.45) is 5.92 Å². The number of esters is 1. The molecule has 1 aromatic heterocycles. The molecule has 0 saturated heterocycles. The van der Waals surface area contributed by atoms with Crippen molar-refractivity contribution >= 4 is 56.8 Å². The van der Waals surface area contributed by atoms with Crippen molar-refractivity contribution in [3.63, 3.8) is 0 Å². The summed E-state index contributed by atoms with van der Waals surface area (Å²) >= 11 is 15.3. The predicted molar refractivity (Wildman–Crippen MR) is 164 cm³/mol. The van der Waals surface area contributed by atoms with Gasteiger partial charge in [-0.15, -0.1) is 0 Å². The van der Waals surface area contributed by atoms with Crippen molar-refractivity contribution in [1.29, 1.82) is 0 Å². The second-order valence-electron chi connectivity index (χ2n) is 10.9. The molecule has 2 bridgehead atoms. The van der Waals surface area contributed by atoms with Gasteiger partial charge in [0.25, 0.3) is 5.91 Å². The van der Waals surface area contributed by atoms with Crippen LogP contribution in [0, 0.1) is 11.7 Å². The zero-order valence-corrected chi connectivity index (χ0v) is 25.8. The molecule has 1 amide bonds. The van der Waals surface area contributed by atoms with E-state index in [1.807, 2.05) is 0 Å². The third kappa shape index (κ3) is 6.30. The molecule has 7 nitrogen and oxygen atoms in total. The summed E-state index contributed by atoms with van der Waals surface area (Å²) in [5.41, 5.74) is 0.465. The summed E-state index contributed by atoms with van der Waals surface area (Å²) < 4.78 is 32.8. The van der Waals surface area contributed by atoms with Gasteiger partial charge in [-0.2, -0.15) is 4.98 Å². The van der Waals surface area contributed by atoms with Crippen molar-refractivity contribution in [3.05, 3.63) is 98.5 Å². The van der Waals surface area contributed by atoms with Gasteiger partial charge in [0.05, 0.1) is 16.0 Å². The Kier molecular flexibility index (Phi) is 8.49. The van der Waals surface area contributed by atoms with Gasteiger partial charge in [0.2, 0.25) is 5.89 Å². The lowest BCUT2D eigenvalue weighted by Crippen LogP contribution is -2.51. The third-order valence-electron chi connectivity index (χ3n) is 8.17. The van der Waals surface area contributed by atoms with E-state index in [1.54, 1.807) is 48.5 Å². The molecule has 0 unspecified atom stereocenters. The van der Waals surface area contributed by atoms with E-state index in [-0.39, 0.29) is 16.6 Å². The van der Waals surface area contributed by atoms with E-state index in [2.05, 4.69) is 21.2 Å². The lowest BCUT2D eigenvalue weighted by molar-refractivity contribution is -0.118. The molecule has 3 fully saturated rings. The first-order valence-corrected chi connectivity index (χ1v) is 15.4. The van der Waals surface area contributed by atoms with Crippen LogP contribution in [0.15, 0.2) is 75.6 Å². The number of oxazole rings is 1. The number of nitrogens with one attached hydrogen (secondary N) is 1. The summed E-state index contributed by atoms with van der Waals surface area (Å²) in [6.07, 6.45) is 3.63. The number of hydrogen-bond acceptors (Lipinski definition) is 6. The van der Waals surface area contributed by atoms with Gasteiger partial charge in [0.1, 0.15) is 17.7 Å². The quantitative estimate of drug-likeness (QED) is 0.187. The summed E-state index contributed by atoms with van der Waals surface area (Å²) in [6.45, 7) is -0.399. The van der Waals surface area contributed by atoms with Gasteiger partial charge in [0.15, 0.2) is 18.2 Å². The number of amides is 1. The molecule has 3 aliphatic carbocycles. The summed E-state index contributed by atoms with van der Waals surface area (Å²) in [4.78, 5) is 30.9. The van der Waals surface area contributed by atoms with Crippen molar-refractivity contribution in [2.75, 3.05) is 11.9 Å². The molecule has 222 valence electrons. The minimum Gasteiger partial charge on any atom is -0.484 e. The van der Waals surface area contributed by atoms with E-state index in [1.165, 1.54) is 12.1 Å². The minimum atomic E-state index is -0.652. The van der Waals surface area contributed by atoms with Crippen LogP contribution in [0.2, 0.25) is 10.0 Å². The van der Waals surface area contributed by atoms with Gasteiger partial charge in [-0.1, -0.05) is 39.1 Å². The number of carbonyl (C=O) groups excluding carboxylic acids is 2. The van der Waals surface area contributed by atoms with Crippen LogP contribution in [0.5, 0.6) is 5.75 Å². The van der Waals surface area contributed by atoms with Crippen LogP contribution >= 0.6 is 39.1 Å². The van der Waals surface area contributed by atoms with Crippen molar-refractivity contribution in [2.45, 2.75) is 43.6 Å². The number of rotatable bonds is 8. The highest BCUT2D eigenvalue weighted by atomic mass is 79.9. The minimum absolute atomic E-state index is 0.0449. The van der Waals surface area contributed by atoms with Gasteiger partial charge in [-0.05, 0) is 98.7 Å². The molecule has 0 spiro atoms. The van der Waals surface area contributed by atoms with Crippen LogP contribution in [0.25, 0.3) is 11.3 Å². The molecule has 3 aliphatic rings. The Morgan fingerprint density at radius 1 is 1.05 bits per heavy atom. The Hall–Kier alpha value is -3.40. The number of nitrogens with zero attached hydrogens (tertiary/aromatic N) is 1. The zero-order chi connectivity index (χ0) is 30.1. The van der Waals surface area contributed by atoms with Crippen LogP contribution in [-0.2, 0) is 14.9 Å². The highest BCUT2D eigenvalue weighted by Crippen LogP contribution is 2.54. The Morgan fingerprint density at radius 3 is 2.47 bits per heavy atom. The molecular weight excluding hydrogens is 662 g/mol. The monoisotopic (exact) mass is 686 g/mol. The molecule has 0 radical (unpaired) electrons. The lowest BCUT2D eigenvalue weighted by atomic mass is 9.59. The summed E-state index contributed by atoms with van der Waals surface area (Å²) in [5.74, 6) is -0.0196. The van der Waals surface area contributed by atoms with Gasteiger partial charge in [-0.3, -0.25) is 4.79 Å². The average molecular weight is 688 g/mol. The Morgan fingerprint density at radius 2 is 1.77 bits per heavy atom. The molecule has 1 atom stereocenters. The maximum absolute atomic E-state index is 13.8. The van der Waals surface area contributed by atoms with Crippen molar-refractivity contribution in [3.8, 4) is 17.1 Å². The van der Waals surface area contributed by atoms with Crippen molar-refractivity contribution in [1.82, 2.24) is 4.98 Å². The maximum atomic E-state index is 13.8. The molecule has 1 N–H and O–H groups in total. The van der Waals surface area contributed by atoms with Crippen molar-refractivity contribution < 1.29 is 27.9 Å². The zero-order valence-electron chi connectivity index (χ0n) is 22.7. The summed E-state index contributed by atoms with van der Waals surface area (Å²) in [6, 6.07) is 18.0.